The molecular formula is C16H28N4S. The van der Waals surface area contributed by atoms with Crippen molar-refractivity contribution >= 4 is 22.1 Å². The Hall–Kier alpha value is -1.07. The number of hydrogen-bond donors (Lipinski definition) is 1. The zero-order valence-corrected chi connectivity index (χ0v) is 14.9. The fourth-order valence-corrected chi connectivity index (χ4v) is 3.35. The largest absolute Gasteiger partial charge is 0.355 e. The van der Waals surface area contributed by atoms with Gasteiger partial charge >= 0.3 is 0 Å². The van der Waals surface area contributed by atoms with E-state index in [1.165, 1.54) is 12.1 Å². The van der Waals surface area contributed by atoms with E-state index in [9.17, 15) is 0 Å². The van der Waals surface area contributed by atoms with Gasteiger partial charge < -0.3 is 10.2 Å². The van der Waals surface area contributed by atoms with Crippen molar-refractivity contribution in [3.63, 3.8) is 0 Å². The molecule has 0 bridgehead atoms. The van der Waals surface area contributed by atoms with E-state index in [4.69, 9.17) is 4.98 Å². The molecule has 0 spiro atoms. The molecule has 1 atom stereocenters. The first-order valence-electron chi connectivity index (χ1n) is 7.80. The summed E-state index contributed by atoms with van der Waals surface area (Å²) in [5.41, 5.74) is 1.26. The van der Waals surface area contributed by atoms with Crippen LogP contribution < -0.4 is 10.2 Å². The van der Waals surface area contributed by atoms with E-state index >= 15 is 0 Å². The van der Waals surface area contributed by atoms with Crippen molar-refractivity contribution < 1.29 is 0 Å². The smallest absolute Gasteiger partial charge is 0.195 e. The Balaban J connectivity index is 2.28. The van der Waals surface area contributed by atoms with Gasteiger partial charge in [-0.3, -0.25) is 4.40 Å². The molecule has 0 aliphatic carbocycles. The standard InChI is InChI=1S/C16H28N4S/c1-11(2)9-13(5)19(6)15-14(10-17-12(3)4)20-7-8-21-16(20)18-15/h7-8,11-13,17H,9-10H2,1-6H3. The van der Waals surface area contributed by atoms with Gasteiger partial charge in [-0.1, -0.05) is 27.7 Å². The summed E-state index contributed by atoms with van der Waals surface area (Å²) < 4.78 is 2.22. The molecule has 1 N–H and O–H groups in total. The first-order valence-corrected chi connectivity index (χ1v) is 8.68. The second kappa shape index (κ2) is 6.79. The minimum Gasteiger partial charge on any atom is -0.355 e. The minimum absolute atomic E-state index is 0.473. The first kappa shape index (κ1) is 16.3. The van der Waals surface area contributed by atoms with Gasteiger partial charge in [-0.25, -0.2) is 4.98 Å². The second-order valence-electron chi connectivity index (χ2n) is 6.56. The summed E-state index contributed by atoms with van der Waals surface area (Å²) in [6.07, 6.45) is 3.30. The number of nitrogens with one attached hydrogen (secondary N) is 1. The topological polar surface area (TPSA) is 32.6 Å². The second-order valence-corrected chi connectivity index (χ2v) is 7.44. The van der Waals surface area contributed by atoms with Gasteiger partial charge in [0.2, 0.25) is 0 Å². The lowest BCUT2D eigenvalue weighted by molar-refractivity contribution is 0.500. The molecule has 0 saturated heterocycles. The van der Waals surface area contributed by atoms with Crippen molar-refractivity contribution in [2.24, 2.45) is 5.92 Å². The Kier molecular flexibility index (Phi) is 5.27. The third-order valence-corrected chi connectivity index (χ3v) is 4.58. The molecule has 2 heterocycles. The summed E-state index contributed by atoms with van der Waals surface area (Å²) in [6, 6.07) is 0.966. The van der Waals surface area contributed by atoms with E-state index in [-0.39, 0.29) is 0 Å². The molecular weight excluding hydrogens is 280 g/mol. The van der Waals surface area contributed by atoms with Crippen LogP contribution in [0.3, 0.4) is 0 Å². The van der Waals surface area contributed by atoms with E-state index in [1.807, 2.05) is 0 Å². The third kappa shape index (κ3) is 3.77. The van der Waals surface area contributed by atoms with Crippen molar-refractivity contribution in [3.05, 3.63) is 17.3 Å². The number of fused-ring (bicyclic) bond motifs is 1. The Morgan fingerprint density at radius 1 is 1.29 bits per heavy atom. The lowest BCUT2D eigenvalue weighted by atomic mass is 10.0. The van der Waals surface area contributed by atoms with Crippen molar-refractivity contribution in [3.8, 4) is 0 Å². The van der Waals surface area contributed by atoms with Crippen molar-refractivity contribution in [2.75, 3.05) is 11.9 Å². The Morgan fingerprint density at radius 3 is 2.62 bits per heavy atom. The molecule has 2 aromatic rings. The molecule has 0 amide bonds. The number of nitrogens with zero attached hydrogens (tertiary/aromatic N) is 3. The first-order chi connectivity index (χ1) is 9.90. The van der Waals surface area contributed by atoms with E-state index in [0.29, 0.717) is 18.0 Å². The van der Waals surface area contributed by atoms with E-state index in [1.54, 1.807) is 11.3 Å². The quantitative estimate of drug-likeness (QED) is 0.845. The molecule has 0 aliphatic heterocycles. The molecule has 0 aromatic carbocycles. The Bertz CT molecular complexity index is 570. The fraction of sp³-hybridized carbons (Fsp3) is 0.688. The summed E-state index contributed by atoms with van der Waals surface area (Å²) in [6.45, 7) is 12.0. The maximum atomic E-state index is 4.85. The maximum Gasteiger partial charge on any atom is 0.195 e. The predicted octanol–water partition coefficient (Wildman–Crippen LogP) is 3.76. The van der Waals surface area contributed by atoms with E-state index in [0.717, 1.165) is 17.3 Å². The molecule has 5 heteroatoms. The number of hydrogen-bond acceptors (Lipinski definition) is 4. The highest BCUT2D eigenvalue weighted by molar-refractivity contribution is 7.15. The van der Waals surface area contributed by atoms with Crippen LogP contribution in [-0.4, -0.2) is 28.5 Å². The molecule has 2 rings (SSSR count). The summed E-state index contributed by atoms with van der Waals surface area (Å²) in [5, 5.41) is 5.62. The van der Waals surface area contributed by atoms with Gasteiger partial charge in [0.15, 0.2) is 10.8 Å². The van der Waals surface area contributed by atoms with Crippen LogP contribution in [0.2, 0.25) is 0 Å². The lowest BCUT2D eigenvalue weighted by Gasteiger charge is -2.27. The predicted molar refractivity (Wildman–Crippen MR) is 92.4 cm³/mol. The van der Waals surface area contributed by atoms with Crippen LogP contribution in [0.25, 0.3) is 4.96 Å². The van der Waals surface area contributed by atoms with Crippen LogP contribution >= 0.6 is 11.3 Å². The number of anilines is 1. The van der Waals surface area contributed by atoms with Crippen LogP contribution in [0.15, 0.2) is 11.6 Å². The van der Waals surface area contributed by atoms with Gasteiger partial charge in [0, 0.05) is 37.3 Å². The van der Waals surface area contributed by atoms with Crippen molar-refractivity contribution in [1.82, 2.24) is 14.7 Å². The van der Waals surface area contributed by atoms with Crippen molar-refractivity contribution in [1.29, 1.82) is 0 Å². The highest BCUT2D eigenvalue weighted by Crippen LogP contribution is 2.26. The van der Waals surface area contributed by atoms with Crippen molar-refractivity contribution in [2.45, 2.75) is 59.7 Å². The zero-order valence-electron chi connectivity index (χ0n) is 14.1. The number of imidazole rings is 1. The third-order valence-electron chi connectivity index (χ3n) is 3.83. The number of rotatable bonds is 7. The summed E-state index contributed by atoms with van der Waals surface area (Å²) >= 11 is 1.70. The van der Waals surface area contributed by atoms with Gasteiger partial charge in [-0.05, 0) is 19.3 Å². The Labute approximate surface area is 132 Å². The number of thiazole rings is 1. The zero-order chi connectivity index (χ0) is 15.6. The molecule has 0 radical (unpaired) electrons. The lowest BCUT2D eigenvalue weighted by Crippen LogP contribution is -2.32. The van der Waals surface area contributed by atoms with Crippen LogP contribution in [-0.2, 0) is 6.54 Å². The van der Waals surface area contributed by atoms with Gasteiger partial charge in [-0.15, -0.1) is 11.3 Å². The highest BCUT2D eigenvalue weighted by atomic mass is 32.1. The average molecular weight is 308 g/mol. The molecule has 4 nitrogen and oxygen atoms in total. The van der Waals surface area contributed by atoms with Gasteiger partial charge in [-0.2, -0.15) is 0 Å². The fourth-order valence-electron chi connectivity index (χ4n) is 2.62. The van der Waals surface area contributed by atoms with Gasteiger partial charge in [0.1, 0.15) is 0 Å². The maximum absolute atomic E-state index is 4.85. The van der Waals surface area contributed by atoms with E-state index < -0.39 is 0 Å². The Morgan fingerprint density at radius 2 is 2.00 bits per heavy atom. The molecule has 118 valence electrons. The summed E-state index contributed by atoms with van der Waals surface area (Å²) in [4.78, 5) is 8.25. The summed E-state index contributed by atoms with van der Waals surface area (Å²) in [7, 11) is 2.17. The van der Waals surface area contributed by atoms with Gasteiger partial charge in [0.05, 0.1) is 5.69 Å². The van der Waals surface area contributed by atoms with Crippen LogP contribution in [0, 0.1) is 5.92 Å². The minimum atomic E-state index is 0.473. The van der Waals surface area contributed by atoms with E-state index in [2.05, 4.69) is 67.9 Å². The monoisotopic (exact) mass is 308 g/mol. The molecule has 0 fully saturated rings. The molecule has 2 aromatic heterocycles. The highest BCUT2D eigenvalue weighted by Gasteiger charge is 2.20. The van der Waals surface area contributed by atoms with Crippen LogP contribution in [0.4, 0.5) is 5.82 Å². The van der Waals surface area contributed by atoms with Gasteiger partial charge in [0.25, 0.3) is 0 Å². The average Bonchev–Trinajstić information content (AvgIpc) is 2.94. The molecule has 21 heavy (non-hydrogen) atoms. The number of aromatic nitrogens is 2. The summed E-state index contributed by atoms with van der Waals surface area (Å²) in [5.74, 6) is 1.81. The normalized spacial score (nSPS) is 13.5. The molecule has 1 unspecified atom stereocenters. The SMILES string of the molecule is CC(C)CC(C)N(C)c1nc2sccn2c1CNC(C)C. The van der Waals surface area contributed by atoms with Crippen LogP contribution in [0.5, 0.6) is 0 Å². The molecule has 0 aliphatic rings. The van der Waals surface area contributed by atoms with Crippen LogP contribution in [0.1, 0.15) is 46.7 Å². The molecule has 0 saturated carbocycles.